The van der Waals surface area contributed by atoms with Crippen molar-refractivity contribution >= 4 is 44.2 Å². The zero-order valence-corrected chi connectivity index (χ0v) is 39.5. The average Bonchev–Trinajstić information content (AvgIpc) is 3.74. The van der Waals surface area contributed by atoms with Gasteiger partial charge < -0.3 is 24.7 Å². The molecule has 2 aromatic carbocycles. The van der Waals surface area contributed by atoms with Gasteiger partial charge in [0.2, 0.25) is 5.82 Å². The lowest BCUT2D eigenvalue weighted by Crippen LogP contribution is -2.58. The monoisotopic (exact) mass is 918 g/mol. The summed E-state index contributed by atoms with van der Waals surface area (Å²) in [5.74, 6) is 0.353. The molecule has 3 aromatic heterocycles. The zero-order valence-electron chi connectivity index (χ0n) is 38.6. The van der Waals surface area contributed by atoms with Gasteiger partial charge in [-0.3, -0.25) is 19.8 Å². The van der Waals surface area contributed by atoms with Crippen LogP contribution in [0.2, 0.25) is 0 Å². The molecule has 1 spiro atoms. The molecule has 2 saturated carbocycles. The normalized spacial score (nSPS) is 20.3. The summed E-state index contributed by atoms with van der Waals surface area (Å²) in [6, 6.07) is 19.4. The van der Waals surface area contributed by atoms with Crippen LogP contribution in [0.1, 0.15) is 118 Å². The second-order valence-electron chi connectivity index (χ2n) is 20.2. The highest BCUT2D eigenvalue weighted by atomic mass is 32.2. The smallest absolute Gasteiger partial charge is 0.312 e. The Kier molecular flexibility index (Phi) is 12.6. The van der Waals surface area contributed by atoms with Gasteiger partial charge in [-0.1, -0.05) is 52.0 Å². The minimum Gasteiger partial charge on any atom is -0.455 e. The molecule has 1 atom stereocenters. The van der Waals surface area contributed by atoms with Gasteiger partial charge in [-0.25, -0.2) is 23.1 Å². The number of H-pyrrole nitrogens is 1. The highest BCUT2D eigenvalue weighted by Gasteiger charge is 2.50. The van der Waals surface area contributed by atoms with Crippen molar-refractivity contribution in [2.24, 2.45) is 16.7 Å². The molecule has 2 aliphatic heterocycles. The second-order valence-corrected chi connectivity index (χ2v) is 21.8. The number of amides is 1. The number of pyridine rings is 2. The Morgan fingerprint density at radius 2 is 1.77 bits per heavy atom. The number of carbonyl (C=O) groups is 1. The molecule has 16 heteroatoms. The number of aromatic nitrogens is 3. The number of fused-ring (bicyclic) bond motifs is 1. The van der Waals surface area contributed by atoms with E-state index in [1.165, 1.54) is 11.1 Å². The van der Waals surface area contributed by atoms with Gasteiger partial charge in [0, 0.05) is 61.6 Å². The van der Waals surface area contributed by atoms with Crippen LogP contribution in [0.4, 0.5) is 17.2 Å². The summed E-state index contributed by atoms with van der Waals surface area (Å²) in [6.45, 7) is 15.3. The number of rotatable bonds is 13. The van der Waals surface area contributed by atoms with Gasteiger partial charge >= 0.3 is 5.69 Å². The van der Waals surface area contributed by atoms with Crippen molar-refractivity contribution in [3.8, 4) is 11.5 Å². The first-order valence-electron chi connectivity index (χ1n) is 23.5. The van der Waals surface area contributed by atoms with Crippen LogP contribution in [0.25, 0.3) is 11.0 Å². The van der Waals surface area contributed by atoms with Gasteiger partial charge in [-0.15, -0.1) is 0 Å². The number of hydrogen-bond donors (Lipinski definition) is 3. The maximum absolute atomic E-state index is 14.1. The molecule has 0 radical (unpaired) electrons. The lowest BCUT2D eigenvalue weighted by Gasteiger charge is -2.57. The minimum absolute atomic E-state index is 0.0143. The summed E-state index contributed by atoms with van der Waals surface area (Å²) >= 11 is 0. The summed E-state index contributed by atoms with van der Waals surface area (Å²) in [5.41, 5.74) is 4.90. The Hall–Kier alpha value is -5.58. The number of benzene rings is 2. The number of nitrogens with zero attached hydrogens (tertiary/aromatic N) is 5. The van der Waals surface area contributed by atoms with Crippen LogP contribution in [0.3, 0.4) is 0 Å². The van der Waals surface area contributed by atoms with Crippen LogP contribution < -0.4 is 19.7 Å². The molecule has 3 N–H and O–H groups in total. The topological polar surface area (TPSA) is 185 Å². The molecule has 66 heavy (non-hydrogen) atoms. The molecule has 5 aromatic rings. The summed E-state index contributed by atoms with van der Waals surface area (Å²) in [7, 11) is -4.61. The molecule has 2 saturated heterocycles. The van der Waals surface area contributed by atoms with Crippen LogP contribution >= 0.6 is 0 Å². The number of hydrogen-bond acceptors (Lipinski definition) is 12. The fourth-order valence-corrected chi connectivity index (χ4v) is 11.7. The van der Waals surface area contributed by atoms with Crippen molar-refractivity contribution in [2.75, 3.05) is 49.6 Å². The largest absolute Gasteiger partial charge is 0.455 e. The lowest BCUT2D eigenvalue weighted by molar-refractivity contribution is -0.384. The van der Waals surface area contributed by atoms with E-state index in [-0.39, 0.29) is 34.0 Å². The van der Waals surface area contributed by atoms with Crippen molar-refractivity contribution in [1.82, 2.24) is 24.6 Å². The Balaban J connectivity index is 0.910. The van der Waals surface area contributed by atoms with E-state index in [9.17, 15) is 23.3 Å². The fraction of sp³-hybridized carbons (Fsp3) is 0.500. The number of morpholine rings is 1. The van der Waals surface area contributed by atoms with E-state index in [1.807, 2.05) is 18.2 Å². The Bertz CT molecular complexity index is 2710. The van der Waals surface area contributed by atoms with Gasteiger partial charge in [0.05, 0.1) is 41.6 Å². The molecule has 1 amide bonds. The Labute approximate surface area is 387 Å². The molecule has 4 fully saturated rings. The number of aryl methyl sites for hydroxylation is 1. The first-order chi connectivity index (χ1) is 31.6. The third kappa shape index (κ3) is 9.50. The second kappa shape index (κ2) is 18.2. The van der Waals surface area contributed by atoms with Gasteiger partial charge in [0.25, 0.3) is 15.9 Å². The average molecular weight is 919 g/mol. The molecule has 350 valence electrons. The summed E-state index contributed by atoms with van der Waals surface area (Å²) in [5, 5.41) is 16.1. The first kappa shape index (κ1) is 45.6. The number of ether oxygens (including phenoxy) is 2. The molecule has 4 aliphatic rings. The minimum atomic E-state index is -4.61. The number of sulfonamides is 1. The fourth-order valence-electron chi connectivity index (χ4n) is 10.7. The Morgan fingerprint density at radius 1 is 1.02 bits per heavy atom. The highest BCUT2D eigenvalue weighted by Crippen LogP contribution is 2.53. The zero-order chi connectivity index (χ0) is 46.4. The van der Waals surface area contributed by atoms with E-state index in [0.717, 1.165) is 101 Å². The van der Waals surface area contributed by atoms with Gasteiger partial charge in [0.1, 0.15) is 22.0 Å². The van der Waals surface area contributed by atoms with Gasteiger partial charge in [-0.2, -0.15) is 0 Å². The number of carbonyl (C=O) groups excluding carboxylic acids is 1. The number of piperidine rings is 1. The van der Waals surface area contributed by atoms with E-state index in [0.29, 0.717) is 48.1 Å². The van der Waals surface area contributed by atoms with E-state index in [1.54, 1.807) is 25.3 Å². The summed E-state index contributed by atoms with van der Waals surface area (Å²) in [6.07, 6.45) is 11.3. The number of nitro groups is 1. The van der Waals surface area contributed by atoms with E-state index in [4.69, 9.17) is 9.47 Å². The first-order valence-corrected chi connectivity index (χ1v) is 24.9. The quantitative estimate of drug-likeness (QED) is 0.0752. The van der Waals surface area contributed by atoms with E-state index >= 15 is 0 Å². The molecule has 0 unspecified atom stereocenters. The van der Waals surface area contributed by atoms with E-state index in [2.05, 4.69) is 86.8 Å². The van der Waals surface area contributed by atoms with Crippen LogP contribution in [0.15, 0.2) is 78.0 Å². The molecular weight excluding hydrogens is 857 g/mol. The van der Waals surface area contributed by atoms with Gasteiger partial charge in [-0.05, 0) is 116 Å². The maximum Gasteiger partial charge on any atom is 0.312 e. The Morgan fingerprint density at radius 3 is 2.52 bits per heavy atom. The van der Waals surface area contributed by atoms with Crippen molar-refractivity contribution in [3.05, 3.63) is 106 Å². The molecular formula is C50H62N8O7S. The molecule has 15 nitrogen and oxygen atoms in total. The standard InChI is InChI=1S/C50H62N8O7S/c1-32(2)39-8-6-7-9-40(39)43-31-64-23-22-57(43)37-27-50(28-37)17-20-56(21-18-50)36-10-11-41(45(25-36)65-44-24-35-14-19-51-46(35)54-33(44)3)48(59)55-66(62,63)38-26-42(58(60)61)47(53-30-38)52-29-34-12-15-49(4,5)16-13-34/h6-11,14,19,24-26,30,32,34,37,43H,12-13,15-18,20-23,27-29,31H2,1-5H3,(H,51,54)(H,52,53)(H,55,59)/t43-/m0/s1. The number of aromatic amines is 1. The van der Waals surface area contributed by atoms with Gasteiger partial charge in [0.15, 0.2) is 0 Å². The molecule has 2 aliphatic carbocycles. The molecule has 5 heterocycles. The highest BCUT2D eigenvalue weighted by molar-refractivity contribution is 7.90. The van der Waals surface area contributed by atoms with Crippen LogP contribution in [0.5, 0.6) is 11.5 Å². The van der Waals surface area contributed by atoms with Crippen molar-refractivity contribution in [3.63, 3.8) is 0 Å². The van der Waals surface area contributed by atoms with Crippen LogP contribution in [0, 0.1) is 33.8 Å². The number of anilines is 2. The predicted molar refractivity (Wildman–Crippen MR) is 255 cm³/mol. The third-order valence-corrected chi connectivity index (χ3v) is 16.1. The summed E-state index contributed by atoms with van der Waals surface area (Å²) in [4.78, 5) is 42.0. The SMILES string of the molecule is Cc1nc2[nH]ccc2cc1Oc1cc(N2CCC3(CC2)CC(N2CCOC[C@H]2c2ccccc2C(C)C)C3)ccc1C(=O)NS(=O)(=O)c1cnc(NCC2CCC(C)(C)CC2)c([N+](=O)[O-])c1. The number of nitrogens with one attached hydrogen (secondary N) is 3. The van der Waals surface area contributed by atoms with Crippen molar-refractivity contribution in [1.29, 1.82) is 0 Å². The predicted octanol–water partition coefficient (Wildman–Crippen LogP) is 9.66. The maximum atomic E-state index is 14.1. The molecule has 0 bridgehead atoms. The lowest BCUT2D eigenvalue weighted by atomic mass is 9.59. The van der Waals surface area contributed by atoms with Crippen molar-refractivity contribution in [2.45, 2.75) is 109 Å². The van der Waals surface area contributed by atoms with Crippen LogP contribution in [-0.2, 0) is 14.8 Å². The van der Waals surface area contributed by atoms with Crippen molar-refractivity contribution < 1.29 is 27.6 Å². The third-order valence-electron chi connectivity index (χ3n) is 14.8. The van der Waals surface area contributed by atoms with Crippen LogP contribution in [-0.4, -0.2) is 84.5 Å². The molecule has 9 rings (SSSR count). The summed E-state index contributed by atoms with van der Waals surface area (Å²) < 4.78 is 42.2. The van der Waals surface area contributed by atoms with E-state index < -0.39 is 31.4 Å².